The van der Waals surface area contributed by atoms with E-state index < -0.39 is 12.6 Å². The van der Waals surface area contributed by atoms with E-state index in [-0.39, 0.29) is 6.42 Å². The first-order valence-corrected chi connectivity index (χ1v) is 6.96. The average Bonchev–Trinajstić information content (AvgIpc) is 2.19. The molecule has 0 nitrogen and oxygen atoms in total. The summed E-state index contributed by atoms with van der Waals surface area (Å²) >= 11 is 3.37. The van der Waals surface area contributed by atoms with Crippen molar-refractivity contribution in [2.45, 2.75) is 57.5 Å². The summed E-state index contributed by atoms with van der Waals surface area (Å²) in [5, 5.41) is 1.06. The Morgan fingerprint density at radius 1 is 0.812 bits per heavy atom. The third kappa shape index (κ3) is 14.0. The zero-order valence-electron chi connectivity index (χ0n) is 9.53. The van der Waals surface area contributed by atoms with Gasteiger partial charge in [-0.3, -0.25) is 0 Å². The molecule has 96 valence electrons. The minimum Gasteiger partial charge on any atom is -0.171 e. The highest BCUT2D eigenvalue weighted by atomic mass is 79.9. The maximum atomic E-state index is 11.8. The van der Waals surface area contributed by atoms with Crippen LogP contribution in [0.15, 0.2) is 12.2 Å². The van der Waals surface area contributed by atoms with Crippen molar-refractivity contribution in [2.75, 3.05) is 5.33 Å². The highest BCUT2D eigenvalue weighted by Crippen LogP contribution is 2.21. The first-order chi connectivity index (χ1) is 7.56. The molecule has 0 N–H and O–H groups in total. The Labute approximate surface area is 104 Å². The van der Waals surface area contributed by atoms with E-state index in [1.807, 2.05) is 6.08 Å². The highest BCUT2D eigenvalue weighted by Gasteiger charge is 2.25. The van der Waals surface area contributed by atoms with Crippen LogP contribution in [0.4, 0.5) is 13.2 Å². The molecule has 0 atom stereocenters. The molecule has 0 aromatic carbocycles. The molecule has 4 heteroatoms. The van der Waals surface area contributed by atoms with Gasteiger partial charge < -0.3 is 0 Å². The number of alkyl halides is 4. The summed E-state index contributed by atoms with van der Waals surface area (Å²) in [6.07, 6.45) is 5.77. The van der Waals surface area contributed by atoms with Crippen molar-refractivity contribution in [1.82, 2.24) is 0 Å². The lowest BCUT2D eigenvalue weighted by Crippen LogP contribution is -2.05. The predicted molar refractivity (Wildman–Crippen MR) is 65.9 cm³/mol. The molecule has 0 fully saturated rings. The zero-order chi connectivity index (χ0) is 12.3. The first kappa shape index (κ1) is 16.0. The van der Waals surface area contributed by atoms with Gasteiger partial charge in [0.2, 0.25) is 0 Å². The molecule has 0 bridgehead atoms. The van der Waals surface area contributed by atoms with Gasteiger partial charge in [0, 0.05) is 11.8 Å². The molecule has 0 amide bonds. The van der Waals surface area contributed by atoms with Crippen LogP contribution in [0, 0.1) is 0 Å². The van der Waals surface area contributed by atoms with E-state index >= 15 is 0 Å². The molecule has 0 aliphatic carbocycles. The van der Waals surface area contributed by atoms with Crippen molar-refractivity contribution in [1.29, 1.82) is 0 Å². The summed E-state index contributed by atoms with van der Waals surface area (Å²) in [6, 6.07) is 0. The van der Waals surface area contributed by atoms with Crippen molar-refractivity contribution in [3.8, 4) is 0 Å². The van der Waals surface area contributed by atoms with Crippen LogP contribution in [-0.4, -0.2) is 11.5 Å². The third-order valence-corrected chi connectivity index (χ3v) is 2.83. The SMILES string of the molecule is FC(F)(F)CC/C=C/CCCCCCCBr. The fourth-order valence-electron chi connectivity index (χ4n) is 1.37. The van der Waals surface area contributed by atoms with Crippen LogP contribution in [0.5, 0.6) is 0 Å². The Morgan fingerprint density at radius 2 is 1.38 bits per heavy atom. The highest BCUT2D eigenvalue weighted by molar-refractivity contribution is 9.09. The van der Waals surface area contributed by atoms with Crippen LogP contribution < -0.4 is 0 Å². The second-order valence-corrected chi connectivity index (χ2v) is 4.66. The zero-order valence-corrected chi connectivity index (χ0v) is 11.1. The first-order valence-electron chi connectivity index (χ1n) is 5.84. The minimum atomic E-state index is -4.01. The van der Waals surface area contributed by atoms with Crippen LogP contribution >= 0.6 is 15.9 Å². The van der Waals surface area contributed by atoms with Gasteiger partial charge in [0.25, 0.3) is 0 Å². The van der Waals surface area contributed by atoms with Crippen molar-refractivity contribution in [3.63, 3.8) is 0 Å². The number of halogens is 4. The van der Waals surface area contributed by atoms with Crippen molar-refractivity contribution >= 4 is 15.9 Å². The Balaban J connectivity index is 3.16. The fourth-order valence-corrected chi connectivity index (χ4v) is 1.77. The molecule has 0 unspecified atom stereocenters. The fraction of sp³-hybridized carbons (Fsp3) is 0.833. The Hall–Kier alpha value is 0.01000. The Bertz CT molecular complexity index is 176. The summed E-state index contributed by atoms with van der Waals surface area (Å²) in [7, 11) is 0. The second kappa shape index (κ2) is 10.2. The molecule has 0 saturated carbocycles. The maximum absolute atomic E-state index is 11.8. The van der Waals surface area contributed by atoms with E-state index in [4.69, 9.17) is 0 Å². The van der Waals surface area contributed by atoms with Gasteiger partial charge in [-0.15, -0.1) is 0 Å². The summed E-state index contributed by atoms with van der Waals surface area (Å²) in [5.74, 6) is 0. The van der Waals surface area contributed by atoms with E-state index in [0.29, 0.717) is 0 Å². The topological polar surface area (TPSA) is 0 Å². The summed E-state index contributed by atoms with van der Waals surface area (Å²) in [4.78, 5) is 0. The summed E-state index contributed by atoms with van der Waals surface area (Å²) in [6.45, 7) is 0. The molecule has 0 spiro atoms. The lowest BCUT2D eigenvalue weighted by atomic mass is 10.1. The average molecular weight is 301 g/mol. The van der Waals surface area contributed by atoms with Gasteiger partial charge in [-0.05, 0) is 25.7 Å². The quantitative estimate of drug-likeness (QED) is 0.294. The van der Waals surface area contributed by atoms with E-state index in [1.165, 1.54) is 25.7 Å². The number of hydrogen-bond acceptors (Lipinski definition) is 0. The number of rotatable bonds is 9. The van der Waals surface area contributed by atoms with Gasteiger partial charge in [-0.25, -0.2) is 0 Å². The molecule has 0 aliphatic heterocycles. The molecule has 0 aromatic heterocycles. The lowest BCUT2D eigenvalue weighted by molar-refractivity contribution is -0.133. The molecule has 0 aliphatic rings. The molecule has 16 heavy (non-hydrogen) atoms. The normalized spacial score (nSPS) is 12.5. The molecule has 0 rings (SSSR count). The third-order valence-electron chi connectivity index (χ3n) is 2.27. The molecule has 0 aromatic rings. The Morgan fingerprint density at radius 3 is 2.00 bits per heavy atom. The van der Waals surface area contributed by atoms with E-state index in [9.17, 15) is 13.2 Å². The summed E-state index contributed by atoms with van der Waals surface area (Å²) < 4.78 is 35.3. The van der Waals surface area contributed by atoms with Gasteiger partial charge in [0.05, 0.1) is 0 Å². The second-order valence-electron chi connectivity index (χ2n) is 3.87. The van der Waals surface area contributed by atoms with Crippen molar-refractivity contribution < 1.29 is 13.2 Å². The lowest BCUT2D eigenvalue weighted by Gasteiger charge is -2.02. The molecule has 0 saturated heterocycles. The monoisotopic (exact) mass is 300 g/mol. The predicted octanol–water partition coefficient (Wildman–Crippen LogP) is 5.62. The maximum Gasteiger partial charge on any atom is 0.389 e. The molecular weight excluding hydrogens is 281 g/mol. The summed E-state index contributed by atoms with van der Waals surface area (Å²) in [5.41, 5.74) is 0. The smallest absolute Gasteiger partial charge is 0.171 e. The van der Waals surface area contributed by atoms with Gasteiger partial charge in [-0.2, -0.15) is 13.2 Å². The Kier molecular flexibility index (Phi) is 10.2. The van der Waals surface area contributed by atoms with Crippen LogP contribution in [0.3, 0.4) is 0 Å². The van der Waals surface area contributed by atoms with Crippen molar-refractivity contribution in [2.24, 2.45) is 0 Å². The van der Waals surface area contributed by atoms with Gasteiger partial charge in [0.15, 0.2) is 0 Å². The number of hydrogen-bond donors (Lipinski definition) is 0. The molecular formula is C12H20BrF3. The van der Waals surface area contributed by atoms with Crippen LogP contribution in [-0.2, 0) is 0 Å². The van der Waals surface area contributed by atoms with Crippen molar-refractivity contribution in [3.05, 3.63) is 12.2 Å². The van der Waals surface area contributed by atoms with Crippen LogP contribution in [0.1, 0.15) is 51.4 Å². The van der Waals surface area contributed by atoms with Crippen LogP contribution in [0.2, 0.25) is 0 Å². The van der Waals surface area contributed by atoms with E-state index in [1.54, 1.807) is 6.08 Å². The van der Waals surface area contributed by atoms with Crippen LogP contribution in [0.25, 0.3) is 0 Å². The standard InChI is InChI=1S/C12H20BrF3/c13-11-9-7-5-3-1-2-4-6-8-10-12(14,15)16/h4,6H,1-3,5,7-11H2/b6-4+. The minimum absolute atomic E-state index is 0.118. The van der Waals surface area contributed by atoms with Gasteiger partial charge >= 0.3 is 6.18 Å². The number of allylic oxidation sites excluding steroid dienone is 2. The van der Waals surface area contributed by atoms with Gasteiger partial charge in [-0.1, -0.05) is 47.3 Å². The molecule has 0 heterocycles. The molecule has 0 radical (unpaired) electrons. The van der Waals surface area contributed by atoms with Gasteiger partial charge in [0.1, 0.15) is 0 Å². The largest absolute Gasteiger partial charge is 0.389 e. The van der Waals surface area contributed by atoms with E-state index in [2.05, 4.69) is 15.9 Å². The number of unbranched alkanes of at least 4 members (excludes halogenated alkanes) is 5. The van der Waals surface area contributed by atoms with E-state index in [0.717, 1.165) is 18.2 Å².